The zero-order valence-corrected chi connectivity index (χ0v) is 20.3. The number of anilines is 2. The van der Waals surface area contributed by atoms with Gasteiger partial charge in [-0.25, -0.2) is 4.98 Å². The topological polar surface area (TPSA) is 90.2 Å². The van der Waals surface area contributed by atoms with Gasteiger partial charge in [0.2, 0.25) is 5.91 Å². The molecule has 0 bridgehead atoms. The first kappa shape index (κ1) is 23.2. The van der Waals surface area contributed by atoms with Gasteiger partial charge in [-0.1, -0.05) is 30.3 Å². The van der Waals surface area contributed by atoms with Gasteiger partial charge in [0.25, 0.3) is 0 Å². The number of aromatic nitrogens is 1. The van der Waals surface area contributed by atoms with E-state index in [1.54, 1.807) is 14.2 Å². The van der Waals surface area contributed by atoms with E-state index in [0.29, 0.717) is 43.5 Å². The lowest BCUT2D eigenvalue weighted by Gasteiger charge is -2.25. The normalized spacial score (nSPS) is 18.5. The first-order valence-corrected chi connectivity index (χ1v) is 12.1. The minimum absolute atomic E-state index is 0.00478. The van der Waals surface area contributed by atoms with Crippen LogP contribution in [0.4, 0.5) is 11.5 Å². The van der Waals surface area contributed by atoms with Crippen LogP contribution >= 0.6 is 0 Å². The molecule has 1 atom stereocenters. The average molecular weight is 477 g/mol. The summed E-state index contributed by atoms with van der Waals surface area (Å²) in [5.74, 6) is 2.25. The molecule has 0 aliphatic carbocycles. The highest BCUT2D eigenvalue weighted by Crippen LogP contribution is 2.46. The maximum atomic E-state index is 12.9. The number of ether oxygens (including phenoxy) is 3. The molecule has 1 amide bonds. The standard InChI is InChI=1S/C27H32N4O4/c1-33-22-16-21-25(24(26(22)34-2)18-7-4-3-5-8-18)20(28)15-23(29-21)30-10-6-11-31(13-12-30)27(32)19-9-14-35-17-19/h3-5,7-8,15-16,19H,6,9-14,17H2,1-2H3,(H2,28,29). The third kappa shape index (κ3) is 4.46. The predicted molar refractivity (Wildman–Crippen MR) is 137 cm³/mol. The number of pyridine rings is 1. The van der Waals surface area contributed by atoms with Crippen LogP contribution in [0.5, 0.6) is 11.5 Å². The van der Waals surface area contributed by atoms with Crippen molar-refractivity contribution in [1.82, 2.24) is 9.88 Å². The lowest BCUT2D eigenvalue weighted by atomic mass is 9.97. The quantitative estimate of drug-likeness (QED) is 0.602. The Labute approximate surface area is 205 Å². The molecule has 2 N–H and O–H groups in total. The Hall–Kier alpha value is -3.52. The molecule has 8 nitrogen and oxygen atoms in total. The van der Waals surface area contributed by atoms with E-state index in [1.165, 1.54) is 0 Å². The molecule has 0 saturated carbocycles. The molecule has 2 aliphatic heterocycles. The Kier molecular flexibility index (Phi) is 6.63. The lowest BCUT2D eigenvalue weighted by Crippen LogP contribution is -2.39. The largest absolute Gasteiger partial charge is 0.493 e. The fourth-order valence-electron chi connectivity index (χ4n) is 5.12. The van der Waals surface area contributed by atoms with Gasteiger partial charge in [-0.05, 0) is 18.4 Å². The summed E-state index contributed by atoms with van der Waals surface area (Å²) in [7, 11) is 3.26. The number of nitrogens with two attached hydrogens (primary N) is 1. The van der Waals surface area contributed by atoms with E-state index in [1.807, 2.05) is 47.4 Å². The molecular weight excluding hydrogens is 444 g/mol. The van der Waals surface area contributed by atoms with E-state index in [4.69, 9.17) is 24.9 Å². The van der Waals surface area contributed by atoms with Gasteiger partial charge in [0.05, 0.1) is 32.3 Å². The molecule has 35 heavy (non-hydrogen) atoms. The summed E-state index contributed by atoms with van der Waals surface area (Å²) in [5.41, 5.74) is 9.90. The van der Waals surface area contributed by atoms with Gasteiger partial charge in [0, 0.05) is 61.6 Å². The van der Waals surface area contributed by atoms with Crippen molar-refractivity contribution in [3.05, 3.63) is 42.5 Å². The molecule has 2 aromatic carbocycles. The Balaban J connectivity index is 1.50. The molecule has 1 unspecified atom stereocenters. The molecule has 1 aromatic heterocycles. The molecule has 184 valence electrons. The summed E-state index contributed by atoms with van der Waals surface area (Å²) in [4.78, 5) is 22.1. The van der Waals surface area contributed by atoms with Crippen molar-refractivity contribution in [2.75, 3.05) is 64.2 Å². The van der Waals surface area contributed by atoms with Crippen LogP contribution in [0, 0.1) is 5.92 Å². The predicted octanol–water partition coefficient (Wildman–Crippen LogP) is 3.58. The molecule has 0 radical (unpaired) electrons. The van der Waals surface area contributed by atoms with Crippen LogP contribution in [0.2, 0.25) is 0 Å². The third-order valence-electron chi connectivity index (χ3n) is 6.93. The maximum Gasteiger partial charge on any atom is 0.228 e. The molecule has 3 aromatic rings. The van der Waals surface area contributed by atoms with Gasteiger partial charge in [-0.2, -0.15) is 0 Å². The second-order valence-electron chi connectivity index (χ2n) is 9.04. The van der Waals surface area contributed by atoms with Crippen molar-refractivity contribution in [2.24, 2.45) is 5.92 Å². The SMILES string of the molecule is COc1cc2nc(N3CCCN(C(=O)C4CCOC4)CC3)cc(N)c2c(-c2ccccc2)c1OC. The van der Waals surface area contributed by atoms with Gasteiger partial charge in [0.1, 0.15) is 5.82 Å². The second-order valence-corrected chi connectivity index (χ2v) is 9.04. The van der Waals surface area contributed by atoms with Crippen LogP contribution in [0.1, 0.15) is 12.8 Å². The number of carbonyl (C=O) groups is 1. The number of hydrogen-bond acceptors (Lipinski definition) is 7. The summed E-state index contributed by atoms with van der Waals surface area (Å²) in [6, 6.07) is 13.8. The highest BCUT2D eigenvalue weighted by Gasteiger charge is 2.29. The van der Waals surface area contributed by atoms with E-state index in [2.05, 4.69) is 4.90 Å². The third-order valence-corrected chi connectivity index (χ3v) is 6.93. The van der Waals surface area contributed by atoms with E-state index >= 15 is 0 Å². The van der Waals surface area contributed by atoms with E-state index in [-0.39, 0.29) is 11.8 Å². The Bertz CT molecular complexity index is 1210. The van der Waals surface area contributed by atoms with Crippen molar-refractivity contribution >= 4 is 28.3 Å². The van der Waals surface area contributed by atoms with Crippen molar-refractivity contribution in [3.63, 3.8) is 0 Å². The van der Waals surface area contributed by atoms with Crippen LogP contribution < -0.4 is 20.1 Å². The number of hydrogen-bond donors (Lipinski definition) is 1. The molecule has 2 fully saturated rings. The minimum Gasteiger partial charge on any atom is -0.493 e. The van der Waals surface area contributed by atoms with Crippen LogP contribution in [-0.2, 0) is 9.53 Å². The van der Waals surface area contributed by atoms with E-state index in [0.717, 1.165) is 53.8 Å². The number of benzene rings is 2. The number of methoxy groups -OCH3 is 2. The molecule has 3 heterocycles. The Morgan fingerprint density at radius 3 is 2.63 bits per heavy atom. The number of amides is 1. The highest BCUT2D eigenvalue weighted by atomic mass is 16.5. The van der Waals surface area contributed by atoms with E-state index in [9.17, 15) is 4.79 Å². The molecule has 2 aliphatic rings. The van der Waals surface area contributed by atoms with Crippen molar-refractivity contribution < 1.29 is 19.0 Å². The molecule has 8 heteroatoms. The average Bonchev–Trinajstić information content (AvgIpc) is 3.32. The summed E-state index contributed by atoms with van der Waals surface area (Å²) in [6.07, 6.45) is 1.69. The summed E-state index contributed by atoms with van der Waals surface area (Å²) in [6.45, 7) is 4.14. The van der Waals surface area contributed by atoms with Gasteiger partial charge < -0.3 is 29.7 Å². The van der Waals surface area contributed by atoms with Gasteiger partial charge >= 0.3 is 0 Å². The molecular formula is C27H32N4O4. The zero-order valence-electron chi connectivity index (χ0n) is 20.3. The first-order valence-electron chi connectivity index (χ1n) is 12.1. The maximum absolute atomic E-state index is 12.9. The van der Waals surface area contributed by atoms with Crippen LogP contribution in [0.3, 0.4) is 0 Å². The zero-order chi connectivity index (χ0) is 24.4. The number of carbonyl (C=O) groups excluding carboxylic acids is 1. The van der Waals surface area contributed by atoms with Crippen LogP contribution in [0.25, 0.3) is 22.0 Å². The fourth-order valence-corrected chi connectivity index (χ4v) is 5.12. The minimum atomic E-state index is -0.00478. The van der Waals surface area contributed by atoms with Gasteiger partial charge in [0.15, 0.2) is 11.5 Å². The number of nitrogen functional groups attached to an aromatic ring is 1. The van der Waals surface area contributed by atoms with Crippen LogP contribution in [-0.4, -0.2) is 69.4 Å². The number of nitrogens with zero attached hydrogens (tertiary/aromatic N) is 3. The summed E-state index contributed by atoms with van der Waals surface area (Å²) in [5, 5.41) is 0.838. The monoisotopic (exact) mass is 476 g/mol. The molecule has 5 rings (SSSR count). The molecule has 2 saturated heterocycles. The Morgan fingerprint density at radius 2 is 1.91 bits per heavy atom. The highest BCUT2D eigenvalue weighted by molar-refractivity contribution is 6.07. The van der Waals surface area contributed by atoms with Gasteiger partial charge in [-0.3, -0.25) is 4.79 Å². The van der Waals surface area contributed by atoms with Crippen molar-refractivity contribution in [2.45, 2.75) is 12.8 Å². The summed E-state index contributed by atoms with van der Waals surface area (Å²) < 4.78 is 16.8. The van der Waals surface area contributed by atoms with E-state index < -0.39 is 0 Å². The number of fused-ring (bicyclic) bond motifs is 1. The van der Waals surface area contributed by atoms with Gasteiger partial charge in [-0.15, -0.1) is 0 Å². The van der Waals surface area contributed by atoms with Crippen LogP contribution in [0.15, 0.2) is 42.5 Å². The molecule has 0 spiro atoms. The van der Waals surface area contributed by atoms with Crippen molar-refractivity contribution in [3.8, 4) is 22.6 Å². The lowest BCUT2D eigenvalue weighted by molar-refractivity contribution is -0.135. The number of rotatable bonds is 5. The smallest absolute Gasteiger partial charge is 0.228 e. The second kappa shape index (κ2) is 10.00. The fraction of sp³-hybridized carbons (Fsp3) is 0.407. The first-order chi connectivity index (χ1) is 17.1. The Morgan fingerprint density at radius 1 is 1.09 bits per heavy atom. The van der Waals surface area contributed by atoms with Crippen molar-refractivity contribution in [1.29, 1.82) is 0 Å². The summed E-state index contributed by atoms with van der Waals surface area (Å²) >= 11 is 0.